The van der Waals surface area contributed by atoms with Gasteiger partial charge in [0.15, 0.2) is 0 Å². The third-order valence-electron chi connectivity index (χ3n) is 3.48. The minimum absolute atomic E-state index is 0.241. The highest BCUT2D eigenvalue weighted by atomic mass is 79.9. The second-order valence-corrected chi connectivity index (χ2v) is 6.31. The van der Waals surface area contributed by atoms with Crippen molar-refractivity contribution in [3.8, 4) is 5.88 Å². The molecule has 0 saturated heterocycles. The number of amides is 1. The summed E-state index contributed by atoms with van der Waals surface area (Å²) in [6.45, 7) is 2.36. The predicted octanol–water partition coefficient (Wildman–Crippen LogP) is 4.38. The molecule has 1 N–H and O–H groups in total. The summed E-state index contributed by atoms with van der Waals surface area (Å²) in [4.78, 5) is 20.5. The first-order chi connectivity index (χ1) is 12.1. The molecule has 25 heavy (non-hydrogen) atoms. The quantitative estimate of drug-likeness (QED) is 0.693. The molecule has 2 aromatic carbocycles. The van der Waals surface area contributed by atoms with E-state index < -0.39 is 0 Å². The fourth-order valence-electron chi connectivity index (χ4n) is 2.18. The average molecular weight is 398 g/mol. The number of nitrogens with one attached hydrogen (secondary N) is 1. The van der Waals surface area contributed by atoms with E-state index in [1.165, 1.54) is 12.4 Å². The van der Waals surface area contributed by atoms with Gasteiger partial charge in [-0.2, -0.15) is 0 Å². The molecule has 0 saturated carbocycles. The van der Waals surface area contributed by atoms with E-state index in [-0.39, 0.29) is 11.6 Å². The fourth-order valence-corrected chi connectivity index (χ4v) is 2.77. The van der Waals surface area contributed by atoms with E-state index in [0.29, 0.717) is 18.2 Å². The number of aryl methyl sites for hydroxylation is 1. The largest absolute Gasteiger partial charge is 0.473 e. The van der Waals surface area contributed by atoms with Crippen LogP contribution >= 0.6 is 15.9 Å². The summed E-state index contributed by atoms with van der Waals surface area (Å²) in [5.74, 6) is 0.0310. The Morgan fingerprint density at radius 1 is 1.12 bits per heavy atom. The van der Waals surface area contributed by atoms with E-state index in [4.69, 9.17) is 4.74 Å². The molecular formula is C19H16BrN3O2. The lowest BCUT2D eigenvalue weighted by atomic mass is 10.2. The van der Waals surface area contributed by atoms with Crippen molar-refractivity contribution in [2.75, 3.05) is 5.32 Å². The smallest absolute Gasteiger partial charge is 0.274 e. The molecule has 0 spiro atoms. The van der Waals surface area contributed by atoms with Gasteiger partial charge in [-0.1, -0.05) is 36.4 Å². The lowest BCUT2D eigenvalue weighted by molar-refractivity contribution is 0.102. The number of ether oxygens (including phenoxy) is 1. The standard InChI is InChI=1S/C19H16BrN3O2/c1-13-7-8-16(15(20)9-13)23-19(24)17-10-18(22-12-21-17)25-11-14-5-3-2-4-6-14/h2-10,12H,11H2,1H3,(H,23,24). The Morgan fingerprint density at radius 2 is 1.92 bits per heavy atom. The minimum atomic E-state index is -0.323. The highest BCUT2D eigenvalue weighted by molar-refractivity contribution is 9.10. The molecule has 6 heteroatoms. The van der Waals surface area contributed by atoms with Crippen molar-refractivity contribution in [2.45, 2.75) is 13.5 Å². The van der Waals surface area contributed by atoms with Gasteiger partial charge in [0.05, 0.1) is 5.69 Å². The third kappa shape index (κ3) is 4.64. The molecule has 1 amide bonds. The summed E-state index contributed by atoms with van der Waals surface area (Å²) in [5.41, 5.74) is 3.05. The molecule has 0 aliphatic carbocycles. The van der Waals surface area contributed by atoms with E-state index >= 15 is 0 Å². The van der Waals surface area contributed by atoms with Gasteiger partial charge in [0.2, 0.25) is 5.88 Å². The van der Waals surface area contributed by atoms with E-state index in [2.05, 4.69) is 31.2 Å². The Labute approximate surface area is 154 Å². The molecule has 0 fully saturated rings. The van der Waals surface area contributed by atoms with E-state index in [1.807, 2.05) is 55.5 Å². The van der Waals surface area contributed by atoms with Gasteiger partial charge in [-0.3, -0.25) is 4.79 Å². The number of aromatic nitrogens is 2. The van der Waals surface area contributed by atoms with Gasteiger partial charge in [0.25, 0.3) is 5.91 Å². The second kappa shape index (κ2) is 7.90. The van der Waals surface area contributed by atoms with Crippen molar-refractivity contribution in [3.63, 3.8) is 0 Å². The topological polar surface area (TPSA) is 64.1 Å². The Morgan fingerprint density at radius 3 is 2.68 bits per heavy atom. The summed E-state index contributed by atoms with van der Waals surface area (Å²) >= 11 is 3.44. The van der Waals surface area contributed by atoms with Crippen molar-refractivity contribution in [1.82, 2.24) is 9.97 Å². The number of carbonyl (C=O) groups excluding carboxylic acids is 1. The fraction of sp³-hybridized carbons (Fsp3) is 0.105. The summed E-state index contributed by atoms with van der Waals surface area (Å²) in [5, 5.41) is 2.82. The number of benzene rings is 2. The van der Waals surface area contributed by atoms with Crippen LogP contribution in [0.3, 0.4) is 0 Å². The summed E-state index contributed by atoms with van der Waals surface area (Å²) in [7, 11) is 0. The number of hydrogen-bond donors (Lipinski definition) is 1. The molecule has 5 nitrogen and oxygen atoms in total. The van der Waals surface area contributed by atoms with Crippen LogP contribution in [-0.4, -0.2) is 15.9 Å². The summed E-state index contributed by atoms with van der Waals surface area (Å²) in [6, 6.07) is 17.0. The van der Waals surface area contributed by atoms with Crippen LogP contribution in [-0.2, 0) is 6.61 Å². The van der Waals surface area contributed by atoms with Crippen LogP contribution in [0.1, 0.15) is 21.6 Å². The average Bonchev–Trinajstić information content (AvgIpc) is 2.63. The van der Waals surface area contributed by atoms with Crippen LogP contribution in [0.4, 0.5) is 5.69 Å². The maximum atomic E-state index is 12.4. The molecule has 3 rings (SSSR count). The Hall–Kier alpha value is -2.73. The van der Waals surface area contributed by atoms with Crippen molar-refractivity contribution < 1.29 is 9.53 Å². The van der Waals surface area contributed by atoms with Gasteiger partial charge in [-0.05, 0) is 46.1 Å². The van der Waals surface area contributed by atoms with Crippen LogP contribution in [0, 0.1) is 6.92 Å². The van der Waals surface area contributed by atoms with Gasteiger partial charge in [0, 0.05) is 10.5 Å². The van der Waals surface area contributed by atoms with E-state index in [0.717, 1.165) is 15.6 Å². The number of halogens is 1. The molecule has 0 aliphatic heterocycles. The van der Waals surface area contributed by atoms with Crippen molar-refractivity contribution in [1.29, 1.82) is 0 Å². The number of carbonyl (C=O) groups is 1. The SMILES string of the molecule is Cc1ccc(NC(=O)c2cc(OCc3ccccc3)ncn2)c(Br)c1. The number of hydrogen-bond acceptors (Lipinski definition) is 4. The minimum Gasteiger partial charge on any atom is -0.473 e. The van der Waals surface area contributed by atoms with Crippen LogP contribution in [0.25, 0.3) is 0 Å². The maximum absolute atomic E-state index is 12.4. The van der Waals surface area contributed by atoms with Gasteiger partial charge in [-0.15, -0.1) is 0 Å². The number of rotatable bonds is 5. The molecule has 0 atom stereocenters. The molecule has 0 bridgehead atoms. The Kier molecular flexibility index (Phi) is 5.40. The highest BCUT2D eigenvalue weighted by Crippen LogP contribution is 2.24. The number of anilines is 1. The van der Waals surface area contributed by atoms with Gasteiger partial charge < -0.3 is 10.1 Å². The zero-order valence-corrected chi connectivity index (χ0v) is 15.2. The van der Waals surface area contributed by atoms with Crippen LogP contribution in [0.15, 0.2) is 65.4 Å². The second-order valence-electron chi connectivity index (χ2n) is 5.45. The van der Waals surface area contributed by atoms with Gasteiger partial charge >= 0.3 is 0 Å². The first-order valence-corrected chi connectivity index (χ1v) is 8.47. The lowest BCUT2D eigenvalue weighted by Gasteiger charge is -2.09. The summed E-state index contributed by atoms with van der Waals surface area (Å²) < 4.78 is 6.45. The molecular weight excluding hydrogens is 382 g/mol. The zero-order valence-electron chi connectivity index (χ0n) is 13.6. The predicted molar refractivity (Wildman–Crippen MR) is 99.6 cm³/mol. The molecule has 1 heterocycles. The Balaban J connectivity index is 1.69. The Bertz CT molecular complexity index is 885. The van der Waals surface area contributed by atoms with Crippen molar-refractivity contribution in [2.24, 2.45) is 0 Å². The lowest BCUT2D eigenvalue weighted by Crippen LogP contribution is -2.14. The van der Waals surface area contributed by atoms with Gasteiger partial charge in [-0.25, -0.2) is 9.97 Å². The van der Waals surface area contributed by atoms with Crippen LogP contribution in [0.5, 0.6) is 5.88 Å². The first-order valence-electron chi connectivity index (χ1n) is 7.68. The van der Waals surface area contributed by atoms with Crippen molar-refractivity contribution in [3.05, 3.63) is 82.2 Å². The third-order valence-corrected chi connectivity index (χ3v) is 4.13. The highest BCUT2D eigenvalue weighted by Gasteiger charge is 2.11. The molecule has 0 unspecified atom stereocenters. The molecule has 126 valence electrons. The number of nitrogens with zero attached hydrogens (tertiary/aromatic N) is 2. The normalized spacial score (nSPS) is 10.3. The maximum Gasteiger partial charge on any atom is 0.274 e. The zero-order chi connectivity index (χ0) is 17.6. The van der Waals surface area contributed by atoms with Gasteiger partial charge in [0.1, 0.15) is 18.6 Å². The van der Waals surface area contributed by atoms with E-state index in [9.17, 15) is 4.79 Å². The molecule has 0 radical (unpaired) electrons. The molecule has 0 aliphatic rings. The van der Waals surface area contributed by atoms with Crippen molar-refractivity contribution >= 4 is 27.5 Å². The van der Waals surface area contributed by atoms with E-state index in [1.54, 1.807) is 0 Å². The summed E-state index contributed by atoms with van der Waals surface area (Å²) in [6.07, 6.45) is 1.32. The first kappa shape index (κ1) is 17.1. The molecule has 1 aromatic heterocycles. The monoisotopic (exact) mass is 397 g/mol. The van der Waals surface area contributed by atoms with Crippen LogP contribution in [0.2, 0.25) is 0 Å². The van der Waals surface area contributed by atoms with Crippen LogP contribution < -0.4 is 10.1 Å². The molecule has 3 aromatic rings.